The molecular weight excluding hydrogens is 332 g/mol. The fourth-order valence-corrected chi connectivity index (χ4v) is 2.16. The third-order valence-corrected chi connectivity index (χ3v) is 4.02. The number of ether oxygens (including phenoxy) is 1. The van der Waals surface area contributed by atoms with Gasteiger partial charge < -0.3 is 21.1 Å². The van der Waals surface area contributed by atoms with Crippen molar-refractivity contribution < 1.29 is 14.3 Å². The molecule has 138 valence electrons. The largest absolute Gasteiger partial charge is 0.455 e. The van der Waals surface area contributed by atoms with Gasteiger partial charge in [0.25, 0.3) is 5.91 Å². The van der Waals surface area contributed by atoms with Crippen molar-refractivity contribution in [3.05, 3.63) is 47.8 Å². The van der Waals surface area contributed by atoms with Crippen LogP contribution >= 0.6 is 0 Å². The van der Waals surface area contributed by atoms with Crippen LogP contribution in [0.4, 0.5) is 5.69 Å². The smallest absolute Gasteiger partial charge is 0.269 e. The lowest BCUT2D eigenvalue weighted by atomic mass is 10.0. The third kappa shape index (κ3) is 4.80. The second-order valence-corrected chi connectivity index (χ2v) is 6.19. The number of benzene rings is 1. The maximum atomic E-state index is 12.3. The number of nitrogens with zero attached hydrogens (tertiary/aromatic N) is 1. The minimum absolute atomic E-state index is 0.186. The molecule has 0 bridgehead atoms. The summed E-state index contributed by atoms with van der Waals surface area (Å²) in [6, 6.07) is 8.38. The number of anilines is 1. The molecule has 7 heteroatoms. The Labute approximate surface area is 153 Å². The van der Waals surface area contributed by atoms with Crippen LogP contribution in [0.5, 0.6) is 11.5 Å². The number of pyridine rings is 1. The van der Waals surface area contributed by atoms with Gasteiger partial charge in [-0.05, 0) is 37.6 Å². The summed E-state index contributed by atoms with van der Waals surface area (Å²) in [5.74, 6) is 0.0858. The average molecular weight is 356 g/mol. The van der Waals surface area contributed by atoms with Crippen LogP contribution in [-0.4, -0.2) is 29.9 Å². The van der Waals surface area contributed by atoms with Crippen molar-refractivity contribution in [3.8, 4) is 11.5 Å². The molecule has 0 radical (unpaired) electrons. The molecule has 7 nitrogen and oxygen atoms in total. The molecule has 2 unspecified atom stereocenters. The van der Waals surface area contributed by atoms with E-state index in [1.54, 1.807) is 26.0 Å². The lowest BCUT2D eigenvalue weighted by Gasteiger charge is -2.18. The summed E-state index contributed by atoms with van der Waals surface area (Å²) in [7, 11) is 1.53. The van der Waals surface area contributed by atoms with Crippen LogP contribution in [0.2, 0.25) is 0 Å². The summed E-state index contributed by atoms with van der Waals surface area (Å²) in [5.41, 5.74) is 7.55. The minimum atomic E-state index is -0.343. The second kappa shape index (κ2) is 8.44. The van der Waals surface area contributed by atoms with Gasteiger partial charge in [0.15, 0.2) is 5.75 Å². The Kier molecular flexibility index (Phi) is 6.30. The molecule has 2 atom stereocenters. The van der Waals surface area contributed by atoms with E-state index < -0.39 is 0 Å². The van der Waals surface area contributed by atoms with Gasteiger partial charge in [-0.15, -0.1) is 0 Å². The molecule has 0 saturated carbocycles. The van der Waals surface area contributed by atoms with E-state index in [1.165, 1.54) is 19.3 Å². The van der Waals surface area contributed by atoms with E-state index in [1.807, 2.05) is 19.1 Å². The predicted octanol–water partition coefficient (Wildman–Crippen LogP) is 2.46. The Bertz CT molecular complexity index is 805. The Morgan fingerprint density at radius 3 is 2.58 bits per heavy atom. The van der Waals surface area contributed by atoms with Crippen LogP contribution in [0.15, 0.2) is 36.5 Å². The number of hydrogen-bond acceptors (Lipinski definition) is 5. The molecule has 2 amide bonds. The van der Waals surface area contributed by atoms with Crippen LogP contribution in [0.3, 0.4) is 0 Å². The van der Waals surface area contributed by atoms with Crippen molar-refractivity contribution >= 4 is 17.5 Å². The maximum Gasteiger partial charge on any atom is 0.269 e. The highest BCUT2D eigenvalue weighted by Crippen LogP contribution is 2.31. The average Bonchev–Trinajstić information content (AvgIpc) is 2.62. The first-order valence-electron chi connectivity index (χ1n) is 8.35. The molecule has 0 spiro atoms. The number of aromatic nitrogens is 1. The van der Waals surface area contributed by atoms with Crippen molar-refractivity contribution in [1.29, 1.82) is 0 Å². The lowest BCUT2D eigenvalue weighted by molar-refractivity contribution is -0.119. The summed E-state index contributed by atoms with van der Waals surface area (Å²) in [5, 5.41) is 5.36. The van der Waals surface area contributed by atoms with Gasteiger partial charge in [-0.3, -0.25) is 14.6 Å². The summed E-state index contributed by atoms with van der Waals surface area (Å²) in [4.78, 5) is 28.0. The highest BCUT2D eigenvalue weighted by molar-refractivity contribution is 5.94. The maximum absolute atomic E-state index is 12.3. The SMILES string of the molecule is CNC(=O)c1cc(Oc2cc(C)ccc2NC(=O)C(C)C(C)N)ccn1. The molecule has 0 aliphatic carbocycles. The van der Waals surface area contributed by atoms with E-state index in [9.17, 15) is 9.59 Å². The molecule has 26 heavy (non-hydrogen) atoms. The molecule has 2 aromatic rings. The Morgan fingerprint density at radius 1 is 1.19 bits per heavy atom. The highest BCUT2D eigenvalue weighted by atomic mass is 16.5. The molecule has 1 aromatic heterocycles. The fraction of sp³-hybridized carbons (Fsp3) is 0.316. The standard InChI is InChI=1S/C19H24N4O3/c1-11-5-6-15(23-18(24)12(2)13(3)20)17(9-11)26-14-7-8-22-16(10-14)19(25)21-4/h5-10,12-13H,20H2,1-4H3,(H,21,25)(H,23,24). The summed E-state index contributed by atoms with van der Waals surface area (Å²) >= 11 is 0. The van der Waals surface area contributed by atoms with Crippen LogP contribution in [0.1, 0.15) is 29.9 Å². The number of nitrogens with two attached hydrogens (primary N) is 1. The number of carbonyl (C=O) groups excluding carboxylic acids is 2. The predicted molar refractivity (Wildman–Crippen MR) is 100 cm³/mol. The van der Waals surface area contributed by atoms with Crippen molar-refractivity contribution in [3.63, 3.8) is 0 Å². The number of carbonyl (C=O) groups is 2. The van der Waals surface area contributed by atoms with E-state index in [-0.39, 0.29) is 29.5 Å². The van der Waals surface area contributed by atoms with E-state index >= 15 is 0 Å². The van der Waals surface area contributed by atoms with E-state index in [0.29, 0.717) is 17.2 Å². The summed E-state index contributed by atoms with van der Waals surface area (Å²) in [6.45, 7) is 5.48. The Hall–Kier alpha value is -2.93. The first kappa shape index (κ1) is 19.4. The molecule has 0 aliphatic rings. The Balaban J connectivity index is 2.28. The van der Waals surface area contributed by atoms with Crippen LogP contribution in [-0.2, 0) is 4.79 Å². The normalized spacial score (nSPS) is 12.8. The van der Waals surface area contributed by atoms with Crippen molar-refractivity contribution in [2.75, 3.05) is 12.4 Å². The number of hydrogen-bond donors (Lipinski definition) is 3. The molecule has 1 aromatic carbocycles. The van der Waals surface area contributed by atoms with Gasteiger partial charge in [-0.25, -0.2) is 0 Å². The summed E-state index contributed by atoms with van der Waals surface area (Å²) in [6.07, 6.45) is 1.49. The first-order chi connectivity index (χ1) is 12.3. The zero-order chi connectivity index (χ0) is 19.3. The zero-order valence-electron chi connectivity index (χ0n) is 15.4. The topological polar surface area (TPSA) is 106 Å². The molecule has 0 saturated heterocycles. The molecule has 4 N–H and O–H groups in total. The van der Waals surface area contributed by atoms with E-state index in [4.69, 9.17) is 10.5 Å². The van der Waals surface area contributed by atoms with Gasteiger partial charge in [0.1, 0.15) is 11.4 Å². The van der Waals surface area contributed by atoms with Gasteiger partial charge in [-0.2, -0.15) is 0 Å². The first-order valence-corrected chi connectivity index (χ1v) is 8.35. The number of nitrogens with one attached hydrogen (secondary N) is 2. The lowest BCUT2D eigenvalue weighted by Crippen LogP contribution is -2.34. The number of amides is 2. The minimum Gasteiger partial charge on any atom is -0.455 e. The van der Waals surface area contributed by atoms with E-state index in [2.05, 4.69) is 15.6 Å². The quantitative estimate of drug-likeness (QED) is 0.737. The van der Waals surface area contributed by atoms with Crippen molar-refractivity contribution in [2.24, 2.45) is 11.7 Å². The van der Waals surface area contributed by atoms with Crippen LogP contribution < -0.4 is 21.1 Å². The Morgan fingerprint density at radius 2 is 1.92 bits per heavy atom. The monoisotopic (exact) mass is 356 g/mol. The van der Waals surface area contributed by atoms with Crippen molar-refractivity contribution in [1.82, 2.24) is 10.3 Å². The van der Waals surface area contributed by atoms with Crippen LogP contribution in [0.25, 0.3) is 0 Å². The van der Waals surface area contributed by atoms with Gasteiger partial charge in [0, 0.05) is 25.4 Å². The number of rotatable bonds is 6. The van der Waals surface area contributed by atoms with Gasteiger partial charge in [0.2, 0.25) is 5.91 Å². The third-order valence-electron chi connectivity index (χ3n) is 4.02. The van der Waals surface area contributed by atoms with Gasteiger partial charge in [0.05, 0.1) is 11.6 Å². The van der Waals surface area contributed by atoms with Gasteiger partial charge in [-0.1, -0.05) is 13.0 Å². The molecule has 0 fully saturated rings. The van der Waals surface area contributed by atoms with Crippen molar-refractivity contribution in [2.45, 2.75) is 26.8 Å². The fourth-order valence-electron chi connectivity index (χ4n) is 2.16. The highest BCUT2D eigenvalue weighted by Gasteiger charge is 2.19. The molecule has 1 heterocycles. The summed E-state index contributed by atoms with van der Waals surface area (Å²) < 4.78 is 5.90. The van der Waals surface area contributed by atoms with Gasteiger partial charge >= 0.3 is 0 Å². The molecule has 2 rings (SSSR count). The zero-order valence-corrected chi connectivity index (χ0v) is 15.4. The van der Waals surface area contributed by atoms with Crippen LogP contribution in [0, 0.1) is 12.8 Å². The molecular formula is C19H24N4O3. The molecule has 0 aliphatic heterocycles. The second-order valence-electron chi connectivity index (χ2n) is 6.19. The number of aryl methyl sites for hydroxylation is 1. The van der Waals surface area contributed by atoms with E-state index in [0.717, 1.165) is 5.56 Å².